The van der Waals surface area contributed by atoms with E-state index in [2.05, 4.69) is 154 Å². The first kappa shape index (κ1) is 77.5. The highest BCUT2D eigenvalue weighted by Gasteiger charge is 2.19. The van der Waals surface area contributed by atoms with Gasteiger partial charge in [0.05, 0.1) is 0 Å². The predicted octanol–water partition coefficient (Wildman–Crippen LogP) is 23.7. The van der Waals surface area contributed by atoms with Gasteiger partial charge in [0.2, 0.25) is 0 Å². The lowest BCUT2D eigenvalue weighted by atomic mass is 10.0. The molecule has 0 heterocycles. The molecule has 0 N–H and O–H groups in total. The molecular weight excluding hydrogens is 1010 g/mol. The van der Waals surface area contributed by atoms with Crippen molar-refractivity contribution in [1.82, 2.24) is 0 Å². The average molecular weight is 1140 g/mol. The zero-order valence-corrected chi connectivity index (χ0v) is 53.5. The van der Waals surface area contributed by atoms with Crippen molar-refractivity contribution >= 4 is 17.9 Å². The Bertz CT molecular complexity index is 1730. The smallest absolute Gasteiger partial charge is 0.306 e. The van der Waals surface area contributed by atoms with Gasteiger partial charge in [-0.25, -0.2) is 0 Å². The quantitative estimate of drug-likeness (QED) is 0.0261. The van der Waals surface area contributed by atoms with Gasteiger partial charge in [-0.1, -0.05) is 309 Å². The summed E-state index contributed by atoms with van der Waals surface area (Å²) in [5.41, 5.74) is 0. The van der Waals surface area contributed by atoms with Crippen LogP contribution in [0.3, 0.4) is 0 Å². The third kappa shape index (κ3) is 66.4. The molecule has 0 aliphatic rings. The summed E-state index contributed by atoms with van der Waals surface area (Å²) in [6.45, 7) is 6.40. The second-order valence-corrected chi connectivity index (χ2v) is 22.3. The monoisotopic (exact) mass is 1130 g/mol. The molecule has 0 radical (unpaired) electrons. The first-order valence-electron chi connectivity index (χ1n) is 34.2. The predicted molar refractivity (Wildman–Crippen MR) is 357 cm³/mol. The van der Waals surface area contributed by atoms with Crippen LogP contribution >= 0.6 is 0 Å². The van der Waals surface area contributed by atoms with E-state index in [1.54, 1.807) is 0 Å². The Labute approximate surface area is 506 Å². The molecule has 6 nitrogen and oxygen atoms in total. The van der Waals surface area contributed by atoms with E-state index in [1.807, 2.05) is 0 Å². The van der Waals surface area contributed by atoms with Gasteiger partial charge >= 0.3 is 17.9 Å². The van der Waals surface area contributed by atoms with Crippen molar-refractivity contribution in [3.63, 3.8) is 0 Å². The maximum absolute atomic E-state index is 12.9. The molecule has 1 unspecified atom stereocenters. The zero-order chi connectivity index (χ0) is 59.2. The highest BCUT2D eigenvalue weighted by Crippen LogP contribution is 2.17. The maximum Gasteiger partial charge on any atom is 0.306 e. The summed E-state index contributed by atoms with van der Waals surface area (Å²) in [6, 6.07) is 0. The molecule has 0 rings (SSSR count). The molecule has 0 amide bonds. The third-order valence-corrected chi connectivity index (χ3v) is 14.4. The maximum atomic E-state index is 12.9. The van der Waals surface area contributed by atoms with Crippen molar-refractivity contribution in [1.29, 1.82) is 0 Å². The van der Waals surface area contributed by atoms with Gasteiger partial charge < -0.3 is 14.2 Å². The largest absolute Gasteiger partial charge is 0.462 e. The summed E-state index contributed by atoms with van der Waals surface area (Å²) in [7, 11) is 0. The lowest BCUT2D eigenvalue weighted by Gasteiger charge is -2.18. The van der Waals surface area contributed by atoms with Gasteiger partial charge in [0.25, 0.3) is 0 Å². The average Bonchev–Trinajstić information content (AvgIpc) is 3.47. The van der Waals surface area contributed by atoms with E-state index >= 15 is 0 Å². The van der Waals surface area contributed by atoms with E-state index in [0.29, 0.717) is 19.3 Å². The van der Waals surface area contributed by atoms with Gasteiger partial charge in [-0.2, -0.15) is 0 Å². The summed E-state index contributed by atoms with van der Waals surface area (Å²) < 4.78 is 16.9. The van der Waals surface area contributed by atoms with Crippen LogP contribution < -0.4 is 0 Å². The number of ether oxygens (including phenoxy) is 3. The molecule has 0 saturated carbocycles. The number of hydrogen-bond donors (Lipinski definition) is 0. The normalized spacial score (nSPS) is 13.0. The summed E-state index contributed by atoms with van der Waals surface area (Å²) in [4.78, 5) is 38.4. The Morgan fingerprint density at radius 2 is 0.476 bits per heavy atom. The number of unbranched alkanes of at least 4 members (excludes halogenated alkanes) is 28. The number of rotatable bonds is 61. The molecule has 1 atom stereocenters. The van der Waals surface area contributed by atoms with Crippen LogP contribution in [0.4, 0.5) is 0 Å². The number of hydrogen-bond acceptors (Lipinski definition) is 6. The van der Waals surface area contributed by atoms with Gasteiger partial charge in [-0.3, -0.25) is 14.4 Å². The summed E-state index contributed by atoms with van der Waals surface area (Å²) in [5.74, 6) is -0.930. The van der Waals surface area contributed by atoms with Gasteiger partial charge in [0, 0.05) is 19.3 Å². The summed E-state index contributed by atoms with van der Waals surface area (Å²) >= 11 is 0. The molecule has 0 saturated heterocycles. The second-order valence-electron chi connectivity index (χ2n) is 22.3. The SMILES string of the molecule is CC/C=C\C/C=C\C/C=C\C/C=C\C/C=C\C/C=C\C/C=C\CCCCCCCCCCCCCC(=O)OCC(COC(=O)CCCC/C=C\C/C=C\C/C=C\C/C=C\CC)OC(=O)CCCCCCCCCCCCCCCCCC. The van der Waals surface area contributed by atoms with E-state index < -0.39 is 6.10 Å². The van der Waals surface area contributed by atoms with Crippen LogP contribution in [-0.2, 0) is 28.6 Å². The van der Waals surface area contributed by atoms with Crippen LogP contribution in [0.25, 0.3) is 0 Å². The Morgan fingerprint density at radius 1 is 0.256 bits per heavy atom. The Balaban J connectivity index is 4.29. The number of esters is 3. The minimum absolute atomic E-state index is 0.0928. The van der Waals surface area contributed by atoms with Gasteiger partial charge in [-0.15, -0.1) is 0 Å². The molecule has 0 aromatic heterocycles. The summed E-state index contributed by atoms with van der Waals surface area (Å²) in [6.07, 6.45) is 97.6. The molecular formula is C76H126O6. The second kappa shape index (κ2) is 69.0. The Kier molecular flexibility index (Phi) is 65.3. The zero-order valence-electron chi connectivity index (χ0n) is 53.5. The molecule has 0 aromatic carbocycles. The van der Waals surface area contributed by atoms with Crippen LogP contribution in [0.2, 0.25) is 0 Å². The van der Waals surface area contributed by atoms with E-state index in [9.17, 15) is 14.4 Å². The fourth-order valence-corrected chi connectivity index (χ4v) is 9.36. The van der Waals surface area contributed by atoms with Crippen LogP contribution in [0.1, 0.15) is 310 Å². The van der Waals surface area contributed by atoms with Gasteiger partial charge in [-0.05, 0) is 116 Å². The van der Waals surface area contributed by atoms with Crippen molar-refractivity contribution in [3.05, 3.63) is 134 Å². The first-order valence-corrected chi connectivity index (χ1v) is 34.2. The molecule has 0 fully saturated rings. The summed E-state index contributed by atoms with van der Waals surface area (Å²) in [5, 5.41) is 0. The molecule has 0 bridgehead atoms. The Morgan fingerprint density at radius 3 is 0.768 bits per heavy atom. The number of carbonyl (C=O) groups is 3. The van der Waals surface area contributed by atoms with E-state index in [1.165, 1.54) is 141 Å². The molecule has 0 aliphatic carbocycles. The van der Waals surface area contributed by atoms with Crippen molar-refractivity contribution in [2.24, 2.45) is 0 Å². The van der Waals surface area contributed by atoms with Crippen molar-refractivity contribution < 1.29 is 28.6 Å². The van der Waals surface area contributed by atoms with E-state index in [4.69, 9.17) is 14.2 Å². The molecule has 0 spiro atoms. The molecule has 0 aliphatic heterocycles. The lowest BCUT2D eigenvalue weighted by molar-refractivity contribution is -0.167. The minimum Gasteiger partial charge on any atom is -0.462 e. The van der Waals surface area contributed by atoms with Crippen LogP contribution in [0.5, 0.6) is 0 Å². The topological polar surface area (TPSA) is 78.9 Å². The van der Waals surface area contributed by atoms with E-state index in [-0.39, 0.29) is 31.1 Å². The van der Waals surface area contributed by atoms with Gasteiger partial charge in [0.15, 0.2) is 6.10 Å². The first-order chi connectivity index (χ1) is 40.5. The van der Waals surface area contributed by atoms with Gasteiger partial charge in [0.1, 0.15) is 13.2 Å². The molecule has 0 aromatic rings. The third-order valence-electron chi connectivity index (χ3n) is 14.4. The van der Waals surface area contributed by atoms with E-state index in [0.717, 1.165) is 128 Å². The number of allylic oxidation sites excluding steroid dienone is 22. The highest BCUT2D eigenvalue weighted by molar-refractivity contribution is 5.71. The van der Waals surface area contributed by atoms with Crippen LogP contribution in [0, 0.1) is 0 Å². The van der Waals surface area contributed by atoms with Crippen molar-refractivity contribution in [2.75, 3.05) is 13.2 Å². The fraction of sp³-hybridized carbons (Fsp3) is 0.671. The molecule has 82 heavy (non-hydrogen) atoms. The fourth-order valence-electron chi connectivity index (χ4n) is 9.36. The minimum atomic E-state index is -0.799. The molecule has 6 heteroatoms. The number of carbonyl (C=O) groups excluding carboxylic acids is 3. The van der Waals surface area contributed by atoms with Crippen molar-refractivity contribution in [2.45, 2.75) is 316 Å². The van der Waals surface area contributed by atoms with Crippen LogP contribution in [-0.4, -0.2) is 37.2 Å². The standard InChI is InChI=1S/C76H126O6/c1-4-7-10-13-16-19-22-25-28-30-31-32-33-34-35-36-37-38-39-40-41-42-43-44-45-46-49-51-54-57-60-63-66-69-75(78)81-72-73(71-80-74(77)68-65-62-59-56-53-50-47-27-24-21-18-15-12-9-6-3)82-76(79)70-67-64-61-58-55-52-48-29-26-23-20-17-14-11-8-5-2/h7,9-10,12,16,18-19,21,25,27-28,31-32,34-35,37-38,40-41,47,53,56,73H,4-6,8,11,13-15,17,20,22-24,26,29-30,33,36,39,42-46,48-52,54-55,57-72H2,1-3H3/b10-7-,12-9-,19-16-,21-18-,28-25-,32-31-,35-34-,38-37-,41-40-,47-27-,56-53-. The highest BCUT2D eigenvalue weighted by atomic mass is 16.6. The Hall–Kier alpha value is -4.45. The van der Waals surface area contributed by atoms with Crippen molar-refractivity contribution in [3.8, 4) is 0 Å². The lowest BCUT2D eigenvalue weighted by Crippen LogP contribution is -2.30. The van der Waals surface area contributed by atoms with Crippen LogP contribution in [0.15, 0.2) is 134 Å². The molecule has 466 valence electrons.